The second kappa shape index (κ2) is 9.49. The molecular formula is C18H27N3O4S. The van der Waals surface area contributed by atoms with E-state index < -0.39 is 16.1 Å². The van der Waals surface area contributed by atoms with Crippen molar-refractivity contribution in [3.63, 3.8) is 0 Å². The van der Waals surface area contributed by atoms with E-state index in [-0.39, 0.29) is 22.6 Å². The summed E-state index contributed by atoms with van der Waals surface area (Å²) in [5, 5.41) is 2.72. The minimum Gasteiger partial charge on any atom is -0.347 e. The fourth-order valence-electron chi connectivity index (χ4n) is 2.27. The SMILES string of the molecule is CNS(=O)(=O)c1ccc(/C=C/C(=O)NC(CC(C)C)C(=O)N(C)C)cc1. The van der Waals surface area contributed by atoms with Crippen LogP contribution in [0.25, 0.3) is 6.08 Å². The number of carbonyl (C=O) groups excluding carboxylic acids is 2. The average Bonchev–Trinajstić information content (AvgIpc) is 2.58. The predicted octanol–water partition coefficient (Wildman–Crippen LogP) is 1.23. The molecule has 1 aromatic carbocycles. The molecule has 0 heterocycles. The van der Waals surface area contributed by atoms with Gasteiger partial charge in [-0.25, -0.2) is 13.1 Å². The van der Waals surface area contributed by atoms with Crippen molar-refractivity contribution >= 4 is 27.9 Å². The maximum atomic E-state index is 12.2. The van der Waals surface area contributed by atoms with Crippen molar-refractivity contribution in [2.45, 2.75) is 31.2 Å². The van der Waals surface area contributed by atoms with Gasteiger partial charge in [0.05, 0.1) is 4.90 Å². The standard InChI is InChI=1S/C18H27N3O4S/c1-13(2)12-16(18(23)21(4)5)20-17(22)11-8-14-6-9-15(10-7-14)26(24,25)19-3/h6-11,13,16,19H,12H2,1-5H3,(H,20,22)/b11-8+. The van der Waals surface area contributed by atoms with Crippen LogP contribution in [-0.4, -0.2) is 52.3 Å². The Hall–Kier alpha value is -2.19. The molecular weight excluding hydrogens is 354 g/mol. The van der Waals surface area contributed by atoms with Crippen LogP contribution in [0.5, 0.6) is 0 Å². The Balaban J connectivity index is 2.80. The summed E-state index contributed by atoms with van der Waals surface area (Å²) in [6.45, 7) is 3.97. The Kier molecular flexibility index (Phi) is 7.98. The molecule has 0 aliphatic rings. The maximum Gasteiger partial charge on any atom is 0.244 e. The minimum absolute atomic E-state index is 0.148. The first-order chi connectivity index (χ1) is 12.1. The third-order valence-corrected chi connectivity index (χ3v) is 5.08. The summed E-state index contributed by atoms with van der Waals surface area (Å²) >= 11 is 0. The van der Waals surface area contributed by atoms with Crippen molar-refractivity contribution in [3.8, 4) is 0 Å². The van der Waals surface area contributed by atoms with Crippen LogP contribution >= 0.6 is 0 Å². The molecule has 1 unspecified atom stereocenters. The maximum absolute atomic E-state index is 12.2. The molecule has 8 heteroatoms. The number of sulfonamides is 1. The first-order valence-corrected chi connectivity index (χ1v) is 9.78. The normalized spacial score (nSPS) is 13.0. The molecule has 2 amide bonds. The molecule has 0 radical (unpaired) electrons. The van der Waals surface area contributed by atoms with Crippen LogP contribution in [0.2, 0.25) is 0 Å². The molecule has 0 aromatic heterocycles. The number of likely N-dealkylation sites (N-methyl/N-ethyl adjacent to an activating group) is 1. The van der Waals surface area contributed by atoms with Crippen LogP contribution in [0, 0.1) is 5.92 Å². The largest absolute Gasteiger partial charge is 0.347 e. The van der Waals surface area contributed by atoms with Crippen molar-refractivity contribution in [2.24, 2.45) is 5.92 Å². The Morgan fingerprint density at radius 2 is 1.73 bits per heavy atom. The Bertz CT molecular complexity index is 753. The minimum atomic E-state index is -3.49. The zero-order chi connectivity index (χ0) is 19.9. The van der Waals surface area contributed by atoms with Crippen molar-refractivity contribution in [3.05, 3.63) is 35.9 Å². The zero-order valence-corrected chi connectivity index (χ0v) is 16.6. The van der Waals surface area contributed by atoms with E-state index in [4.69, 9.17) is 0 Å². The third-order valence-electron chi connectivity index (χ3n) is 3.65. The van der Waals surface area contributed by atoms with Crippen LogP contribution in [0.15, 0.2) is 35.2 Å². The second-order valence-electron chi connectivity index (χ2n) is 6.53. The number of benzene rings is 1. The highest BCUT2D eigenvalue weighted by Crippen LogP contribution is 2.11. The lowest BCUT2D eigenvalue weighted by molar-refractivity contribution is -0.133. The molecule has 0 bridgehead atoms. The molecule has 0 saturated heterocycles. The number of amides is 2. The highest BCUT2D eigenvalue weighted by atomic mass is 32.2. The topological polar surface area (TPSA) is 95.6 Å². The summed E-state index contributed by atoms with van der Waals surface area (Å²) in [6, 6.07) is 5.54. The monoisotopic (exact) mass is 381 g/mol. The number of hydrogen-bond acceptors (Lipinski definition) is 4. The van der Waals surface area contributed by atoms with Gasteiger partial charge in [0.1, 0.15) is 6.04 Å². The highest BCUT2D eigenvalue weighted by Gasteiger charge is 2.22. The van der Waals surface area contributed by atoms with E-state index >= 15 is 0 Å². The smallest absolute Gasteiger partial charge is 0.244 e. The van der Waals surface area contributed by atoms with E-state index in [9.17, 15) is 18.0 Å². The van der Waals surface area contributed by atoms with Crippen molar-refractivity contribution in [2.75, 3.05) is 21.1 Å². The van der Waals surface area contributed by atoms with Crippen molar-refractivity contribution in [1.29, 1.82) is 0 Å². The number of carbonyl (C=O) groups is 2. The van der Waals surface area contributed by atoms with E-state index in [0.717, 1.165) is 0 Å². The molecule has 0 spiro atoms. The lowest BCUT2D eigenvalue weighted by Crippen LogP contribution is -2.46. The molecule has 0 fully saturated rings. The Morgan fingerprint density at radius 3 is 2.19 bits per heavy atom. The van der Waals surface area contributed by atoms with Gasteiger partial charge < -0.3 is 10.2 Å². The van der Waals surface area contributed by atoms with Crippen LogP contribution < -0.4 is 10.0 Å². The third kappa shape index (κ3) is 6.61. The molecule has 26 heavy (non-hydrogen) atoms. The van der Waals surface area contributed by atoms with Gasteiger partial charge in [-0.15, -0.1) is 0 Å². The molecule has 0 aliphatic carbocycles. The van der Waals surface area contributed by atoms with E-state index in [1.807, 2.05) is 13.8 Å². The van der Waals surface area contributed by atoms with Gasteiger partial charge in [0.25, 0.3) is 0 Å². The van der Waals surface area contributed by atoms with Gasteiger partial charge in [0.15, 0.2) is 0 Å². The van der Waals surface area contributed by atoms with Crippen LogP contribution in [-0.2, 0) is 19.6 Å². The Morgan fingerprint density at radius 1 is 1.15 bits per heavy atom. The quantitative estimate of drug-likeness (QED) is 0.662. The van der Waals surface area contributed by atoms with Gasteiger partial charge in [-0.05, 0) is 43.2 Å². The van der Waals surface area contributed by atoms with Crippen molar-refractivity contribution < 1.29 is 18.0 Å². The molecule has 1 atom stereocenters. The summed E-state index contributed by atoms with van der Waals surface area (Å²) in [7, 11) is 1.16. The van der Waals surface area contributed by atoms with E-state index in [1.165, 1.54) is 30.2 Å². The van der Waals surface area contributed by atoms with Gasteiger partial charge in [-0.3, -0.25) is 9.59 Å². The molecule has 1 aromatic rings. The summed E-state index contributed by atoms with van der Waals surface area (Å²) in [4.78, 5) is 25.9. The molecule has 0 aliphatic heterocycles. The number of nitrogens with one attached hydrogen (secondary N) is 2. The fourth-order valence-corrected chi connectivity index (χ4v) is 3.00. The highest BCUT2D eigenvalue weighted by molar-refractivity contribution is 7.89. The van der Waals surface area contributed by atoms with Crippen molar-refractivity contribution in [1.82, 2.24) is 14.9 Å². The Labute approximate surface area is 155 Å². The summed E-state index contributed by atoms with van der Waals surface area (Å²) < 4.78 is 25.6. The average molecular weight is 381 g/mol. The molecule has 144 valence electrons. The van der Waals surface area contributed by atoms with E-state index in [0.29, 0.717) is 12.0 Å². The number of rotatable bonds is 8. The molecule has 1 rings (SSSR count). The lowest BCUT2D eigenvalue weighted by atomic mass is 10.0. The molecule has 2 N–H and O–H groups in total. The second-order valence-corrected chi connectivity index (χ2v) is 8.42. The first kappa shape index (κ1) is 21.9. The summed E-state index contributed by atoms with van der Waals surface area (Å²) in [5.41, 5.74) is 0.676. The molecule has 0 saturated carbocycles. The first-order valence-electron chi connectivity index (χ1n) is 8.30. The summed E-state index contributed by atoms with van der Waals surface area (Å²) in [5.74, 6) is -0.269. The zero-order valence-electron chi connectivity index (χ0n) is 15.8. The van der Waals surface area contributed by atoms with Crippen LogP contribution in [0.1, 0.15) is 25.8 Å². The van der Waals surface area contributed by atoms with E-state index in [1.54, 1.807) is 32.3 Å². The fraction of sp³-hybridized carbons (Fsp3) is 0.444. The van der Waals surface area contributed by atoms with Gasteiger partial charge in [0.2, 0.25) is 21.8 Å². The van der Waals surface area contributed by atoms with E-state index in [2.05, 4.69) is 10.0 Å². The van der Waals surface area contributed by atoms with Crippen LogP contribution in [0.3, 0.4) is 0 Å². The number of hydrogen-bond donors (Lipinski definition) is 2. The lowest BCUT2D eigenvalue weighted by Gasteiger charge is -2.22. The summed E-state index contributed by atoms with van der Waals surface area (Å²) in [6.07, 6.45) is 3.45. The number of nitrogens with zero attached hydrogens (tertiary/aromatic N) is 1. The predicted molar refractivity (Wildman–Crippen MR) is 102 cm³/mol. The van der Waals surface area contributed by atoms with Gasteiger partial charge in [-0.2, -0.15) is 0 Å². The van der Waals surface area contributed by atoms with Gasteiger partial charge >= 0.3 is 0 Å². The van der Waals surface area contributed by atoms with Crippen LogP contribution in [0.4, 0.5) is 0 Å². The van der Waals surface area contributed by atoms with Gasteiger partial charge in [0, 0.05) is 20.2 Å². The van der Waals surface area contributed by atoms with Gasteiger partial charge in [-0.1, -0.05) is 26.0 Å². The molecule has 7 nitrogen and oxygen atoms in total.